The van der Waals surface area contributed by atoms with Crippen LogP contribution in [0.4, 0.5) is 5.82 Å². The second-order valence-corrected chi connectivity index (χ2v) is 6.60. The molecule has 1 aromatic rings. The Morgan fingerprint density at radius 3 is 2.67 bits per heavy atom. The first-order valence-electron chi connectivity index (χ1n) is 5.62. The van der Waals surface area contributed by atoms with Crippen LogP contribution in [-0.4, -0.2) is 36.8 Å². The van der Waals surface area contributed by atoms with Crippen LogP contribution in [0.25, 0.3) is 0 Å². The molecule has 100 valence electrons. The fourth-order valence-electron chi connectivity index (χ4n) is 1.94. The monoisotopic (exact) mass is 334 g/mol. The Bertz CT molecular complexity index is 514. The highest BCUT2D eigenvalue weighted by Gasteiger charge is 2.25. The summed E-state index contributed by atoms with van der Waals surface area (Å²) < 4.78 is 24.5. The highest BCUT2D eigenvalue weighted by atomic mass is 79.9. The zero-order chi connectivity index (χ0) is 13.2. The van der Waals surface area contributed by atoms with Crippen molar-refractivity contribution in [3.63, 3.8) is 0 Å². The normalized spacial score (nSPS) is 18.8. The molecular weight excluding hydrogens is 320 g/mol. The molecule has 18 heavy (non-hydrogen) atoms. The molecule has 0 unspecified atom stereocenters. The van der Waals surface area contributed by atoms with Gasteiger partial charge in [-0.15, -0.1) is 0 Å². The summed E-state index contributed by atoms with van der Waals surface area (Å²) in [5.41, 5.74) is 0. The quantitative estimate of drug-likeness (QED) is 0.860. The molecule has 0 aromatic carbocycles. The summed E-state index contributed by atoms with van der Waals surface area (Å²) in [6, 6.07) is 3.97. The lowest BCUT2D eigenvalue weighted by atomic mass is 10.1. The molecule has 1 aliphatic heterocycles. The van der Waals surface area contributed by atoms with Gasteiger partial charge in [0.25, 0.3) is 10.2 Å². The Labute approximate surface area is 115 Å². The number of hydrogen-bond donors (Lipinski definition) is 2. The molecule has 0 spiro atoms. The maximum atomic E-state index is 11.2. The molecule has 0 bridgehead atoms. The van der Waals surface area contributed by atoms with Gasteiger partial charge in [-0.3, -0.25) is 0 Å². The number of nitrogens with two attached hydrogens (primary N) is 1. The molecule has 0 saturated carbocycles. The second kappa shape index (κ2) is 5.52. The van der Waals surface area contributed by atoms with Crippen LogP contribution < -0.4 is 10.5 Å². The highest BCUT2D eigenvalue weighted by Crippen LogP contribution is 2.22. The molecule has 2 rings (SSSR count). The fraction of sp³-hybridized carbons (Fsp3) is 0.500. The van der Waals surface area contributed by atoms with Crippen molar-refractivity contribution in [3.8, 4) is 0 Å². The first kappa shape index (κ1) is 13.7. The predicted octanol–water partition coefficient (Wildman–Crippen LogP) is 0.924. The standard InChI is InChI=1S/C10H15BrN4O2S/c11-9-2-1-5-13-10(9)14-8-3-6-15(7-4-8)18(12,16)17/h1-2,5,8H,3-4,6-7H2,(H,13,14)(H2,12,16,17). The molecule has 0 atom stereocenters. The minimum absolute atomic E-state index is 0.217. The van der Waals surface area contributed by atoms with Crippen molar-refractivity contribution < 1.29 is 8.42 Å². The third-order valence-corrected chi connectivity index (χ3v) is 4.64. The molecule has 1 saturated heterocycles. The van der Waals surface area contributed by atoms with E-state index >= 15 is 0 Å². The number of aromatic nitrogens is 1. The van der Waals surface area contributed by atoms with Crippen molar-refractivity contribution in [3.05, 3.63) is 22.8 Å². The van der Waals surface area contributed by atoms with Crippen LogP contribution in [0.15, 0.2) is 22.8 Å². The number of pyridine rings is 1. The van der Waals surface area contributed by atoms with Gasteiger partial charge in [-0.05, 0) is 40.9 Å². The summed E-state index contributed by atoms with van der Waals surface area (Å²) in [4.78, 5) is 4.23. The van der Waals surface area contributed by atoms with Crippen molar-refractivity contribution in [2.75, 3.05) is 18.4 Å². The summed E-state index contributed by atoms with van der Waals surface area (Å²) in [6.45, 7) is 0.891. The van der Waals surface area contributed by atoms with Crippen molar-refractivity contribution in [2.24, 2.45) is 5.14 Å². The average molecular weight is 335 g/mol. The van der Waals surface area contributed by atoms with Crippen LogP contribution in [-0.2, 0) is 10.2 Å². The van der Waals surface area contributed by atoms with Crippen LogP contribution >= 0.6 is 15.9 Å². The van der Waals surface area contributed by atoms with E-state index in [1.54, 1.807) is 6.20 Å². The van der Waals surface area contributed by atoms with E-state index in [0.717, 1.165) is 23.1 Å². The number of piperidine rings is 1. The number of halogens is 1. The third-order valence-electron chi connectivity index (χ3n) is 2.91. The van der Waals surface area contributed by atoms with Crippen LogP contribution in [0.3, 0.4) is 0 Å². The fourth-order valence-corrected chi connectivity index (χ4v) is 3.03. The van der Waals surface area contributed by atoms with Gasteiger partial charge in [0.1, 0.15) is 5.82 Å². The van der Waals surface area contributed by atoms with E-state index in [2.05, 4.69) is 26.2 Å². The molecular formula is C10H15BrN4O2S. The van der Waals surface area contributed by atoms with Gasteiger partial charge in [0.2, 0.25) is 0 Å². The Kier molecular flexibility index (Phi) is 4.21. The smallest absolute Gasteiger partial charge is 0.276 e. The molecule has 3 N–H and O–H groups in total. The van der Waals surface area contributed by atoms with E-state index < -0.39 is 10.2 Å². The number of rotatable bonds is 3. The van der Waals surface area contributed by atoms with Crippen LogP contribution in [0, 0.1) is 0 Å². The lowest BCUT2D eigenvalue weighted by Gasteiger charge is -2.30. The first-order chi connectivity index (χ1) is 8.47. The van der Waals surface area contributed by atoms with Gasteiger partial charge < -0.3 is 5.32 Å². The van der Waals surface area contributed by atoms with Gasteiger partial charge in [0.15, 0.2) is 0 Å². The molecule has 1 fully saturated rings. The molecule has 8 heteroatoms. The summed E-state index contributed by atoms with van der Waals surface area (Å²) >= 11 is 3.42. The van der Waals surface area contributed by atoms with Gasteiger partial charge in [-0.2, -0.15) is 12.7 Å². The van der Waals surface area contributed by atoms with Crippen molar-refractivity contribution in [1.82, 2.24) is 9.29 Å². The molecule has 2 heterocycles. The third kappa shape index (κ3) is 3.41. The Morgan fingerprint density at radius 2 is 2.11 bits per heavy atom. The Hall–Kier alpha value is -0.700. The van der Waals surface area contributed by atoms with Crippen molar-refractivity contribution >= 4 is 32.0 Å². The van der Waals surface area contributed by atoms with E-state index in [1.807, 2.05) is 12.1 Å². The van der Waals surface area contributed by atoms with Crippen molar-refractivity contribution in [1.29, 1.82) is 0 Å². The summed E-state index contributed by atoms with van der Waals surface area (Å²) in [5.74, 6) is 0.784. The maximum absolute atomic E-state index is 11.2. The lowest BCUT2D eigenvalue weighted by Crippen LogP contribution is -2.45. The van der Waals surface area contributed by atoms with E-state index in [-0.39, 0.29) is 6.04 Å². The van der Waals surface area contributed by atoms with Crippen LogP contribution in [0.5, 0.6) is 0 Å². The Balaban J connectivity index is 1.94. The molecule has 1 aliphatic rings. The van der Waals surface area contributed by atoms with Crippen LogP contribution in [0.2, 0.25) is 0 Å². The molecule has 0 amide bonds. The summed E-state index contributed by atoms with van der Waals surface area (Å²) in [6.07, 6.45) is 3.16. The van der Waals surface area contributed by atoms with Gasteiger partial charge in [0.05, 0.1) is 4.47 Å². The highest BCUT2D eigenvalue weighted by molar-refractivity contribution is 9.10. The zero-order valence-corrected chi connectivity index (χ0v) is 12.1. The number of anilines is 1. The Morgan fingerprint density at radius 1 is 1.44 bits per heavy atom. The number of nitrogens with one attached hydrogen (secondary N) is 1. The number of hydrogen-bond acceptors (Lipinski definition) is 4. The largest absolute Gasteiger partial charge is 0.366 e. The molecule has 1 aromatic heterocycles. The zero-order valence-electron chi connectivity index (χ0n) is 9.71. The predicted molar refractivity (Wildman–Crippen MR) is 73.3 cm³/mol. The van der Waals surface area contributed by atoms with Crippen LogP contribution in [0.1, 0.15) is 12.8 Å². The molecule has 0 aliphatic carbocycles. The summed E-state index contributed by atoms with van der Waals surface area (Å²) in [7, 11) is -3.55. The van der Waals surface area contributed by atoms with E-state index in [9.17, 15) is 8.42 Å². The number of nitrogens with zero attached hydrogens (tertiary/aromatic N) is 2. The minimum Gasteiger partial charge on any atom is -0.366 e. The van der Waals surface area contributed by atoms with Gasteiger partial charge in [0, 0.05) is 25.3 Å². The molecule has 0 radical (unpaired) electrons. The lowest BCUT2D eigenvalue weighted by molar-refractivity contribution is 0.330. The SMILES string of the molecule is NS(=O)(=O)N1CCC(Nc2ncccc2Br)CC1. The van der Waals surface area contributed by atoms with E-state index in [4.69, 9.17) is 5.14 Å². The first-order valence-corrected chi connectivity index (χ1v) is 7.91. The van der Waals surface area contributed by atoms with Crippen molar-refractivity contribution in [2.45, 2.75) is 18.9 Å². The molecule has 6 nitrogen and oxygen atoms in total. The minimum atomic E-state index is -3.55. The van der Waals surface area contributed by atoms with E-state index in [1.165, 1.54) is 4.31 Å². The topological polar surface area (TPSA) is 88.3 Å². The second-order valence-electron chi connectivity index (χ2n) is 4.20. The van der Waals surface area contributed by atoms with Gasteiger partial charge in [-0.1, -0.05) is 0 Å². The average Bonchev–Trinajstić information content (AvgIpc) is 2.32. The van der Waals surface area contributed by atoms with E-state index in [0.29, 0.717) is 13.1 Å². The van der Waals surface area contributed by atoms with Gasteiger partial charge >= 0.3 is 0 Å². The maximum Gasteiger partial charge on any atom is 0.276 e. The van der Waals surface area contributed by atoms with Gasteiger partial charge in [-0.25, -0.2) is 10.1 Å². The summed E-state index contributed by atoms with van der Waals surface area (Å²) in [5, 5.41) is 8.39.